The summed E-state index contributed by atoms with van der Waals surface area (Å²) in [6.07, 6.45) is 5.98. The standard InChI is InChI=1S/C12H28N2S/c1-6-12(7-2,15-5)11-13-9-8-10-14(3)4/h13H,6-11H2,1-5H3. The average molecular weight is 232 g/mol. The van der Waals surface area contributed by atoms with Crippen LogP contribution in [0.3, 0.4) is 0 Å². The molecular formula is C12H28N2S. The van der Waals surface area contributed by atoms with Gasteiger partial charge in [0.15, 0.2) is 0 Å². The van der Waals surface area contributed by atoms with Crippen LogP contribution in [0, 0.1) is 0 Å². The lowest BCUT2D eigenvalue weighted by atomic mass is 10.0. The van der Waals surface area contributed by atoms with Crippen LogP contribution in [0.4, 0.5) is 0 Å². The third kappa shape index (κ3) is 6.44. The lowest BCUT2D eigenvalue weighted by Gasteiger charge is -2.30. The van der Waals surface area contributed by atoms with Crippen molar-refractivity contribution in [2.75, 3.05) is 40.0 Å². The summed E-state index contributed by atoms with van der Waals surface area (Å²) in [6, 6.07) is 0. The Labute approximate surface area is 100 Å². The molecular weight excluding hydrogens is 204 g/mol. The summed E-state index contributed by atoms with van der Waals surface area (Å²) in [6.45, 7) is 8.05. The molecule has 0 aliphatic rings. The first-order chi connectivity index (χ1) is 7.10. The molecule has 0 heterocycles. The van der Waals surface area contributed by atoms with Gasteiger partial charge in [0, 0.05) is 11.3 Å². The molecule has 0 aromatic heterocycles. The van der Waals surface area contributed by atoms with Crippen molar-refractivity contribution in [3.8, 4) is 0 Å². The van der Waals surface area contributed by atoms with E-state index in [0.29, 0.717) is 4.75 Å². The smallest absolute Gasteiger partial charge is 0.0276 e. The predicted octanol–water partition coefficient (Wildman–Crippen LogP) is 2.45. The number of hydrogen-bond donors (Lipinski definition) is 1. The number of thioether (sulfide) groups is 1. The largest absolute Gasteiger partial charge is 0.315 e. The lowest BCUT2D eigenvalue weighted by molar-refractivity contribution is 0.389. The second-order valence-corrected chi connectivity index (χ2v) is 5.70. The Morgan fingerprint density at radius 1 is 1.20 bits per heavy atom. The molecule has 15 heavy (non-hydrogen) atoms. The molecule has 0 saturated heterocycles. The summed E-state index contributed by atoms with van der Waals surface area (Å²) in [7, 11) is 4.26. The van der Waals surface area contributed by atoms with E-state index in [0.717, 1.165) is 13.1 Å². The summed E-state index contributed by atoms with van der Waals surface area (Å²) in [4.78, 5) is 2.24. The molecule has 0 rings (SSSR count). The first-order valence-electron chi connectivity index (χ1n) is 6.01. The van der Waals surface area contributed by atoms with Crippen LogP contribution in [-0.4, -0.2) is 49.6 Å². The maximum absolute atomic E-state index is 3.59. The van der Waals surface area contributed by atoms with Crippen LogP contribution in [0.15, 0.2) is 0 Å². The van der Waals surface area contributed by atoms with Crippen LogP contribution >= 0.6 is 11.8 Å². The maximum atomic E-state index is 3.59. The van der Waals surface area contributed by atoms with Gasteiger partial charge in [-0.2, -0.15) is 11.8 Å². The highest BCUT2D eigenvalue weighted by molar-refractivity contribution is 8.00. The van der Waals surface area contributed by atoms with E-state index >= 15 is 0 Å². The Morgan fingerprint density at radius 3 is 2.20 bits per heavy atom. The summed E-state index contributed by atoms with van der Waals surface area (Å²) in [5, 5.41) is 3.59. The number of hydrogen-bond acceptors (Lipinski definition) is 3. The van der Waals surface area contributed by atoms with Crippen molar-refractivity contribution in [2.24, 2.45) is 0 Å². The SMILES string of the molecule is CCC(CC)(CNCCCN(C)C)SC. The summed E-state index contributed by atoms with van der Waals surface area (Å²) in [5.74, 6) is 0. The minimum Gasteiger partial charge on any atom is -0.315 e. The molecule has 0 aromatic rings. The minimum absolute atomic E-state index is 0.456. The van der Waals surface area contributed by atoms with Crippen LogP contribution in [-0.2, 0) is 0 Å². The zero-order valence-electron chi connectivity index (χ0n) is 11.1. The van der Waals surface area contributed by atoms with Crippen LogP contribution < -0.4 is 5.32 Å². The molecule has 0 saturated carbocycles. The molecule has 0 aliphatic heterocycles. The molecule has 0 radical (unpaired) electrons. The van der Waals surface area contributed by atoms with Crippen molar-refractivity contribution >= 4 is 11.8 Å². The monoisotopic (exact) mass is 232 g/mol. The van der Waals surface area contributed by atoms with Crippen molar-refractivity contribution in [2.45, 2.75) is 37.9 Å². The van der Waals surface area contributed by atoms with E-state index in [1.165, 1.54) is 25.8 Å². The highest BCUT2D eigenvalue weighted by Gasteiger charge is 2.23. The van der Waals surface area contributed by atoms with E-state index in [1.54, 1.807) is 0 Å². The summed E-state index contributed by atoms with van der Waals surface area (Å²) < 4.78 is 0.456. The molecule has 0 amide bonds. The van der Waals surface area contributed by atoms with Crippen LogP contribution in [0.25, 0.3) is 0 Å². The number of nitrogens with one attached hydrogen (secondary N) is 1. The highest BCUT2D eigenvalue weighted by atomic mass is 32.2. The average Bonchev–Trinajstić information content (AvgIpc) is 2.24. The van der Waals surface area contributed by atoms with E-state index in [4.69, 9.17) is 0 Å². The zero-order valence-corrected chi connectivity index (χ0v) is 11.9. The van der Waals surface area contributed by atoms with Gasteiger partial charge in [-0.3, -0.25) is 0 Å². The van der Waals surface area contributed by atoms with Crippen LogP contribution in [0.5, 0.6) is 0 Å². The third-order valence-corrected chi connectivity index (χ3v) is 4.72. The van der Waals surface area contributed by atoms with Crippen molar-refractivity contribution in [3.63, 3.8) is 0 Å². The molecule has 0 spiro atoms. The van der Waals surface area contributed by atoms with Crippen molar-refractivity contribution in [1.29, 1.82) is 0 Å². The molecule has 0 aliphatic carbocycles. The van der Waals surface area contributed by atoms with Gasteiger partial charge in [-0.05, 0) is 52.7 Å². The minimum atomic E-state index is 0.456. The van der Waals surface area contributed by atoms with Gasteiger partial charge in [-0.15, -0.1) is 0 Å². The fourth-order valence-electron chi connectivity index (χ4n) is 1.70. The van der Waals surface area contributed by atoms with Crippen molar-refractivity contribution < 1.29 is 0 Å². The van der Waals surface area contributed by atoms with Gasteiger partial charge in [0.1, 0.15) is 0 Å². The summed E-state index contributed by atoms with van der Waals surface area (Å²) in [5.41, 5.74) is 0. The van der Waals surface area contributed by atoms with Gasteiger partial charge in [-0.25, -0.2) is 0 Å². The van der Waals surface area contributed by atoms with Gasteiger partial charge in [-0.1, -0.05) is 13.8 Å². The van der Waals surface area contributed by atoms with Crippen LogP contribution in [0.2, 0.25) is 0 Å². The van der Waals surface area contributed by atoms with Gasteiger partial charge >= 0.3 is 0 Å². The Balaban J connectivity index is 3.63. The van der Waals surface area contributed by atoms with Gasteiger partial charge in [0.05, 0.1) is 0 Å². The molecule has 3 heteroatoms. The Hall–Kier alpha value is 0.270. The highest BCUT2D eigenvalue weighted by Crippen LogP contribution is 2.29. The first-order valence-corrected chi connectivity index (χ1v) is 7.23. The molecule has 0 atom stereocenters. The third-order valence-electron chi connectivity index (χ3n) is 3.13. The molecule has 2 nitrogen and oxygen atoms in total. The first kappa shape index (κ1) is 15.3. The second-order valence-electron chi connectivity index (χ2n) is 4.43. The van der Waals surface area contributed by atoms with E-state index in [-0.39, 0.29) is 0 Å². The lowest BCUT2D eigenvalue weighted by Crippen LogP contribution is -2.37. The molecule has 1 N–H and O–H groups in total. The van der Waals surface area contributed by atoms with E-state index < -0.39 is 0 Å². The van der Waals surface area contributed by atoms with E-state index in [2.05, 4.69) is 44.4 Å². The molecule has 0 bridgehead atoms. The molecule has 0 aromatic carbocycles. The molecule has 0 fully saturated rings. The van der Waals surface area contributed by atoms with Gasteiger partial charge < -0.3 is 10.2 Å². The number of nitrogens with zero attached hydrogens (tertiary/aromatic N) is 1. The van der Waals surface area contributed by atoms with Crippen molar-refractivity contribution in [3.05, 3.63) is 0 Å². The quantitative estimate of drug-likeness (QED) is 0.615. The Morgan fingerprint density at radius 2 is 1.80 bits per heavy atom. The zero-order chi connectivity index (χ0) is 11.7. The number of rotatable bonds is 9. The molecule has 92 valence electrons. The van der Waals surface area contributed by atoms with Gasteiger partial charge in [0.25, 0.3) is 0 Å². The predicted molar refractivity (Wildman–Crippen MR) is 72.9 cm³/mol. The fraction of sp³-hybridized carbons (Fsp3) is 1.00. The van der Waals surface area contributed by atoms with Crippen molar-refractivity contribution in [1.82, 2.24) is 10.2 Å². The fourth-order valence-corrected chi connectivity index (χ4v) is 2.52. The van der Waals surface area contributed by atoms with Crippen LogP contribution in [0.1, 0.15) is 33.1 Å². The molecule has 0 unspecified atom stereocenters. The second kappa shape index (κ2) is 8.43. The van der Waals surface area contributed by atoms with E-state index in [1.807, 2.05) is 11.8 Å². The van der Waals surface area contributed by atoms with E-state index in [9.17, 15) is 0 Å². The summed E-state index contributed by atoms with van der Waals surface area (Å²) >= 11 is 2.01. The topological polar surface area (TPSA) is 15.3 Å². The Bertz CT molecular complexity index is 136. The van der Waals surface area contributed by atoms with Gasteiger partial charge in [0.2, 0.25) is 0 Å². The maximum Gasteiger partial charge on any atom is 0.0276 e. The normalized spacial score (nSPS) is 12.4. The Kier molecular flexibility index (Phi) is 8.58.